The summed E-state index contributed by atoms with van der Waals surface area (Å²) in [6.07, 6.45) is 5.14. The number of halogens is 1. The summed E-state index contributed by atoms with van der Waals surface area (Å²) in [6.45, 7) is 0. The molecule has 0 spiro atoms. The van der Waals surface area contributed by atoms with Crippen LogP contribution in [-0.4, -0.2) is 23.1 Å². The van der Waals surface area contributed by atoms with Crippen LogP contribution in [0.4, 0.5) is 0 Å². The molecule has 0 aromatic carbocycles. The van der Waals surface area contributed by atoms with Crippen molar-refractivity contribution in [3.63, 3.8) is 0 Å². The molecule has 0 saturated heterocycles. The lowest BCUT2D eigenvalue weighted by Crippen LogP contribution is -2.38. The number of pyridine rings is 2. The van der Waals surface area contributed by atoms with Crippen LogP contribution in [0.5, 0.6) is 5.88 Å². The van der Waals surface area contributed by atoms with Gasteiger partial charge in [-0.15, -0.1) is 0 Å². The van der Waals surface area contributed by atoms with Crippen molar-refractivity contribution in [1.82, 2.24) is 15.4 Å². The van der Waals surface area contributed by atoms with Crippen LogP contribution in [0.15, 0.2) is 41.1 Å². The maximum absolute atomic E-state index is 5.62. The van der Waals surface area contributed by atoms with Gasteiger partial charge in [0.1, 0.15) is 0 Å². The molecule has 0 radical (unpaired) electrons. The summed E-state index contributed by atoms with van der Waals surface area (Å²) in [6, 6.07) is 7.91. The molecule has 1 unspecified atom stereocenters. The Morgan fingerprint density at radius 2 is 2.05 bits per heavy atom. The molecule has 0 fully saturated rings. The topological polar surface area (TPSA) is 73.1 Å². The van der Waals surface area contributed by atoms with E-state index < -0.39 is 0 Å². The molecule has 2 aromatic rings. The molecular weight excluding hydrogens is 320 g/mol. The van der Waals surface area contributed by atoms with Crippen LogP contribution >= 0.6 is 15.9 Å². The maximum Gasteiger partial charge on any atom is 0.212 e. The summed E-state index contributed by atoms with van der Waals surface area (Å²) in [5.41, 5.74) is 4.93. The molecule has 2 rings (SSSR count). The molecule has 0 aliphatic heterocycles. The number of rotatable bonds is 6. The number of hydrogen-bond acceptors (Lipinski definition) is 5. The van der Waals surface area contributed by atoms with Crippen molar-refractivity contribution in [1.29, 1.82) is 0 Å². The number of ether oxygens (including phenoxy) is 1. The molecule has 0 amide bonds. The highest BCUT2D eigenvalue weighted by atomic mass is 79.9. The van der Waals surface area contributed by atoms with Crippen LogP contribution in [0, 0.1) is 0 Å². The highest BCUT2D eigenvalue weighted by Crippen LogP contribution is 2.12. The van der Waals surface area contributed by atoms with E-state index in [1.807, 2.05) is 24.3 Å². The number of hydrogen-bond donors (Lipinski definition) is 2. The van der Waals surface area contributed by atoms with E-state index >= 15 is 0 Å². The number of nitrogens with one attached hydrogen (secondary N) is 1. The van der Waals surface area contributed by atoms with Gasteiger partial charge in [-0.25, -0.2) is 4.98 Å². The Morgan fingerprint density at radius 3 is 2.60 bits per heavy atom. The number of nitrogens with two attached hydrogens (primary N) is 1. The van der Waals surface area contributed by atoms with Gasteiger partial charge in [0.05, 0.1) is 7.11 Å². The van der Waals surface area contributed by atoms with Gasteiger partial charge in [0.15, 0.2) is 0 Å². The van der Waals surface area contributed by atoms with Crippen molar-refractivity contribution in [2.24, 2.45) is 5.84 Å². The van der Waals surface area contributed by atoms with Gasteiger partial charge in [-0.05, 0) is 40.0 Å². The predicted molar refractivity (Wildman–Crippen MR) is 81.2 cm³/mol. The molecule has 0 saturated carbocycles. The zero-order chi connectivity index (χ0) is 14.4. The molecule has 20 heavy (non-hydrogen) atoms. The largest absolute Gasteiger partial charge is 0.481 e. The highest BCUT2D eigenvalue weighted by Gasteiger charge is 2.10. The molecule has 0 bridgehead atoms. The first-order valence-corrected chi connectivity index (χ1v) is 7.06. The smallest absolute Gasteiger partial charge is 0.212 e. The first kappa shape index (κ1) is 14.9. The predicted octanol–water partition coefficient (Wildman–Crippen LogP) is 1.86. The normalized spacial score (nSPS) is 12.2. The SMILES string of the molecule is COc1ccc(CC(Cc2ccc(Br)cn2)NN)cn1. The fraction of sp³-hybridized carbons (Fsp3) is 0.286. The Kier molecular flexibility index (Phi) is 5.46. The summed E-state index contributed by atoms with van der Waals surface area (Å²) >= 11 is 3.37. The lowest BCUT2D eigenvalue weighted by atomic mass is 10.0. The van der Waals surface area contributed by atoms with Gasteiger partial charge in [0, 0.05) is 41.1 Å². The summed E-state index contributed by atoms with van der Waals surface area (Å²) in [5.74, 6) is 6.23. The third kappa shape index (κ3) is 4.26. The van der Waals surface area contributed by atoms with Crippen LogP contribution in [0.1, 0.15) is 11.3 Å². The van der Waals surface area contributed by atoms with E-state index in [9.17, 15) is 0 Å². The minimum Gasteiger partial charge on any atom is -0.481 e. The minimum absolute atomic E-state index is 0.110. The molecular formula is C14H17BrN4O. The van der Waals surface area contributed by atoms with Gasteiger partial charge in [-0.1, -0.05) is 6.07 Å². The Bertz CT molecular complexity index is 530. The third-order valence-electron chi connectivity index (χ3n) is 2.97. The van der Waals surface area contributed by atoms with Gasteiger partial charge >= 0.3 is 0 Å². The first-order valence-electron chi connectivity index (χ1n) is 6.26. The van der Waals surface area contributed by atoms with E-state index in [0.29, 0.717) is 5.88 Å². The van der Waals surface area contributed by atoms with E-state index in [1.54, 1.807) is 19.5 Å². The number of hydrazine groups is 1. The zero-order valence-electron chi connectivity index (χ0n) is 11.2. The van der Waals surface area contributed by atoms with E-state index in [1.165, 1.54) is 0 Å². The lowest BCUT2D eigenvalue weighted by Gasteiger charge is -2.15. The molecule has 106 valence electrons. The molecule has 6 heteroatoms. The second kappa shape index (κ2) is 7.33. The molecule has 5 nitrogen and oxygen atoms in total. The van der Waals surface area contributed by atoms with E-state index in [-0.39, 0.29) is 6.04 Å². The summed E-state index contributed by atoms with van der Waals surface area (Å²) in [5, 5.41) is 0. The van der Waals surface area contributed by atoms with Gasteiger partial charge in [-0.3, -0.25) is 16.3 Å². The van der Waals surface area contributed by atoms with Crippen molar-refractivity contribution >= 4 is 15.9 Å². The van der Waals surface area contributed by atoms with Crippen LogP contribution in [-0.2, 0) is 12.8 Å². The lowest BCUT2D eigenvalue weighted by molar-refractivity contribution is 0.397. The summed E-state index contributed by atoms with van der Waals surface area (Å²) < 4.78 is 6.01. The van der Waals surface area contributed by atoms with Crippen LogP contribution in [0.25, 0.3) is 0 Å². The van der Waals surface area contributed by atoms with Crippen LogP contribution in [0.2, 0.25) is 0 Å². The minimum atomic E-state index is 0.110. The Hall–Kier alpha value is -1.50. The maximum atomic E-state index is 5.62. The Balaban J connectivity index is 1.99. The van der Waals surface area contributed by atoms with Crippen LogP contribution < -0.4 is 16.0 Å². The number of aromatic nitrogens is 2. The summed E-state index contributed by atoms with van der Waals surface area (Å²) in [7, 11) is 1.60. The van der Waals surface area contributed by atoms with Gasteiger partial charge in [-0.2, -0.15) is 0 Å². The van der Waals surface area contributed by atoms with Gasteiger partial charge in [0.2, 0.25) is 5.88 Å². The number of methoxy groups -OCH3 is 1. The molecule has 2 heterocycles. The van der Waals surface area contributed by atoms with Gasteiger partial charge < -0.3 is 4.74 Å². The van der Waals surface area contributed by atoms with Crippen molar-refractivity contribution < 1.29 is 4.74 Å². The monoisotopic (exact) mass is 336 g/mol. The first-order chi connectivity index (χ1) is 9.71. The van der Waals surface area contributed by atoms with E-state index in [0.717, 1.165) is 28.6 Å². The third-order valence-corrected chi connectivity index (χ3v) is 3.44. The van der Waals surface area contributed by atoms with Gasteiger partial charge in [0.25, 0.3) is 0 Å². The van der Waals surface area contributed by atoms with E-state index in [4.69, 9.17) is 10.6 Å². The molecule has 0 aliphatic rings. The van der Waals surface area contributed by atoms with Crippen molar-refractivity contribution in [3.8, 4) is 5.88 Å². The second-order valence-corrected chi connectivity index (χ2v) is 5.36. The van der Waals surface area contributed by atoms with Crippen molar-refractivity contribution in [3.05, 3.63) is 52.4 Å². The van der Waals surface area contributed by atoms with E-state index in [2.05, 4.69) is 31.3 Å². The highest BCUT2D eigenvalue weighted by molar-refractivity contribution is 9.10. The average Bonchev–Trinajstić information content (AvgIpc) is 2.49. The van der Waals surface area contributed by atoms with Crippen molar-refractivity contribution in [2.45, 2.75) is 18.9 Å². The number of nitrogens with zero attached hydrogens (tertiary/aromatic N) is 2. The molecule has 1 atom stereocenters. The fourth-order valence-electron chi connectivity index (χ4n) is 1.91. The molecule has 3 N–H and O–H groups in total. The Labute approximate surface area is 126 Å². The summed E-state index contributed by atoms with van der Waals surface area (Å²) in [4.78, 5) is 8.55. The quantitative estimate of drug-likeness (QED) is 0.622. The second-order valence-electron chi connectivity index (χ2n) is 4.45. The average molecular weight is 337 g/mol. The Morgan fingerprint density at radius 1 is 1.20 bits per heavy atom. The molecule has 0 aliphatic carbocycles. The zero-order valence-corrected chi connectivity index (χ0v) is 12.8. The van der Waals surface area contributed by atoms with Crippen LogP contribution in [0.3, 0.4) is 0 Å². The standard InChI is InChI=1S/C14H17BrN4O/c1-20-14-5-2-10(8-18-14)6-13(19-16)7-12-4-3-11(15)9-17-12/h2-5,8-9,13,19H,6-7,16H2,1H3. The van der Waals surface area contributed by atoms with Crippen molar-refractivity contribution in [2.75, 3.05) is 7.11 Å². The fourth-order valence-corrected chi connectivity index (χ4v) is 2.14. The molecule has 2 aromatic heterocycles.